The highest BCUT2D eigenvalue weighted by Gasteiger charge is 2.38. The number of nitrogens with zero attached hydrogens (tertiary/aromatic N) is 1. The predicted molar refractivity (Wildman–Crippen MR) is 137 cm³/mol. The molecule has 9 nitrogen and oxygen atoms in total. The Labute approximate surface area is 219 Å². The predicted octanol–water partition coefficient (Wildman–Crippen LogP) is 4.64. The number of aromatic hydroxyl groups is 1. The Morgan fingerprint density at radius 1 is 1.14 bits per heavy atom. The molecular formula is C24H25Cl2N3O6S. The van der Waals surface area contributed by atoms with Crippen molar-refractivity contribution >= 4 is 45.0 Å². The number of anilines is 1. The number of ether oxygens (including phenoxy) is 1. The molecule has 0 radical (unpaired) electrons. The van der Waals surface area contributed by atoms with E-state index < -0.39 is 33.7 Å². The van der Waals surface area contributed by atoms with Crippen molar-refractivity contribution in [1.82, 2.24) is 9.71 Å². The number of carboxylic acid groups (broad SMARTS) is 1. The number of hydrogen-bond donors (Lipinski definition) is 4. The standard InChI is InChI=1S/C24H25Cl2N3O6S/c1-24(15-22(30)31,19-12-16(25)13-20(26)23(19)32)29-36(33,34)18-7-4-6-17(14-18)35-11-5-10-28-21-8-2-3-9-27-21/h2-4,6-9,12-14,29,32H,5,10-11,15H2,1H3,(H,27,28)(H,30,31)/t24-/m1/s1. The maximum atomic E-state index is 13.2. The number of nitrogens with one attached hydrogen (secondary N) is 2. The monoisotopic (exact) mass is 553 g/mol. The number of carbonyl (C=O) groups is 1. The fraction of sp³-hybridized carbons (Fsp3) is 0.250. The van der Waals surface area contributed by atoms with Gasteiger partial charge in [-0.1, -0.05) is 35.3 Å². The molecule has 0 fully saturated rings. The van der Waals surface area contributed by atoms with Crippen LogP contribution in [0, 0.1) is 0 Å². The molecule has 0 aliphatic rings. The summed E-state index contributed by atoms with van der Waals surface area (Å²) in [7, 11) is -4.26. The smallest absolute Gasteiger partial charge is 0.305 e. The van der Waals surface area contributed by atoms with E-state index in [4.69, 9.17) is 27.9 Å². The molecule has 36 heavy (non-hydrogen) atoms. The van der Waals surface area contributed by atoms with Crippen molar-refractivity contribution < 1.29 is 28.2 Å². The molecule has 1 aromatic heterocycles. The van der Waals surface area contributed by atoms with Crippen LogP contribution in [-0.2, 0) is 20.4 Å². The third kappa shape index (κ3) is 7.23. The van der Waals surface area contributed by atoms with E-state index in [1.54, 1.807) is 12.3 Å². The lowest BCUT2D eigenvalue weighted by Gasteiger charge is -2.30. The number of pyridine rings is 1. The van der Waals surface area contributed by atoms with Crippen molar-refractivity contribution in [3.05, 3.63) is 76.4 Å². The molecule has 0 saturated carbocycles. The van der Waals surface area contributed by atoms with Crippen LogP contribution in [0.25, 0.3) is 0 Å². The second kappa shape index (κ2) is 11.8. The summed E-state index contributed by atoms with van der Waals surface area (Å²) >= 11 is 12.0. The van der Waals surface area contributed by atoms with E-state index in [1.807, 2.05) is 18.2 Å². The molecule has 1 heterocycles. The van der Waals surface area contributed by atoms with Gasteiger partial charge in [0.1, 0.15) is 17.3 Å². The zero-order valence-corrected chi connectivity index (χ0v) is 21.6. The lowest BCUT2D eigenvalue weighted by atomic mass is 9.89. The summed E-state index contributed by atoms with van der Waals surface area (Å²) in [4.78, 5) is 15.6. The first-order chi connectivity index (χ1) is 17.0. The largest absolute Gasteiger partial charge is 0.506 e. The topological polar surface area (TPSA) is 138 Å². The second-order valence-corrected chi connectivity index (χ2v) is 10.6. The highest BCUT2D eigenvalue weighted by Crippen LogP contribution is 2.40. The van der Waals surface area contributed by atoms with Crippen LogP contribution >= 0.6 is 23.2 Å². The van der Waals surface area contributed by atoms with Gasteiger partial charge in [-0.25, -0.2) is 18.1 Å². The van der Waals surface area contributed by atoms with Crippen LogP contribution in [0.15, 0.2) is 65.7 Å². The number of hydrogen-bond acceptors (Lipinski definition) is 7. The number of rotatable bonds is 12. The van der Waals surface area contributed by atoms with Gasteiger partial charge in [0.2, 0.25) is 10.0 Å². The van der Waals surface area contributed by atoms with Crippen LogP contribution in [0.3, 0.4) is 0 Å². The van der Waals surface area contributed by atoms with Crippen LogP contribution in [0.2, 0.25) is 10.0 Å². The summed E-state index contributed by atoms with van der Waals surface area (Å²) in [5.41, 5.74) is -1.84. The van der Waals surface area contributed by atoms with Gasteiger partial charge in [-0.3, -0.25) is 4.79 Å². The Hall–Kier alpha value is -3.05. The molecule has 2 aromatic carbocycles. The second-order valence-electron chi connectivity index (χ2n) is 8.11. The fourth-order valence-corrected chi connectivity index (χ4v) is 5.42. The molecule has 0 spiro atoms. The molecule has 0 unspecified atom stereocenters. The minimum absolute atomic E-state index is 0.0706. The van der Waals surface area contributed by atoms with Gasteiger partial charge >= 0.3 is 5.97 Å². The van der Waals surface area contributed by atoms with E-state index in [2.05, 4.69) is 15.0 Å². The van der Waals surface area contributed by atoms with Crippen molar-refractivity contribution in [1.29, 1.82) is 0 Å². The van der Waals surface area contributed by atoms with Gasteiger partial charge in [-0.2, -0.15) is 0 Å². The number of aliphatic carboxylic acids is 1. The van der Waals surface area contributed by atoms with E-state index in [1.165, 1.54) is 37.3 Å². The van der Waals surface area contributed by atoms with E-state index in [0.717, 1.165) is 5.82 Å². The molecule has 4 N–H and O–H groups in total. The van der Waals surface area contributed by atoms with Gasteiger partial charge in [0.25, 0.3) is 0 Å². The number of phenols is 1. The average molecular weight is 554 g/mol. The van der Waals surface area contributed by atoms with Gasteiger partial charge in [-0.15, -0.1) is 0 Å². The number of carboxylic acids is 1. The summed E-state index contributed by atoms with van der Waals surface area (Å²) in [6, 6.07) is 13.9. The van der Waals surface area contributed by atoms with Gasteiger partial charge in [0.05, 0.1) is 28.5 Å². The molecule has 192 valence electrons. The Morgan fingerprint density at radius 3 is 2.61 bits per heavy atom. The van der Waals surface area contributed by atoms with E-state index in [9.17, 15) is 23.4 Å². The summed E-state index contributed by atoms with van der Waals surface area (Å²) in [6.45, 7) is 2.26. The molecule has 3 rings (SSSR count). The summed E-state index contributed by atoms with van der Waals surface area (Å²) in [6.07, 6.45) is 1.63. The van der Waals surface area contributed by atoms with Crippen LogP contribution in [-0.4, -0.2) is 42.7 Å². The zero-order valence-electron chi connectivity index (χ0n) is 19.2. The maximum absolute atomic E-state index is 13.2. The highest BCUT2D eigenvalue weighted by molar-refractivity contribution is 7.89. The lowest BCUT2D eigenvalue weighted by molar-refractivity contribution is -0.138. The summed E-state index contributed by atoms with van der Waals surface area (Å²) in [5, 5.41) is 23.0. The minimum Gasteiger partial charge on any atom is -0.506 e. The fourth-order valence-electron chi connectivity index (χ4n) is 3.51. The van der Waals surface area contributed by atoms with Crippen molar-refractivity contribution in [2.45, 2.75) is 30.2 Å². The number of sulfonamides is 1. The molecule has 0 bridgehead atoms. The third-order valence-corrected chi connectivity index (χ3v) is 7.26. The number of phenolic OH excluding ortho intramolecular Hbond substituents is 1. The Bertz CT molecular complexity index is 1320. The first kappa shape index (κ1) is 27.5. The SMILES string of the molecule is C[C@](CC(=O)O)(NS(=O)(=O)c1cccc(OCCCNc2ccccn2)c1)c1cc(Cl)cc(Cl)c1O. The van der Waals surface area contributed by atoms with Crippen molar-refractivity contribution in [2.75, 3.05) is 18.5 Å². The summed E-state index contributed by atoms with van der Waals surface area (Å²) in [5.74, 6) is -0.701. The van der Waals surface area contributed by atoms with E-state index in [-0.39, 0.29) is 20.5 Å². The van der Waals surface area contributed by atoms with Gasteiger partial charge in [0.15, 0.2) is 0 Å². The normalized spacial score (nSPS) is 13.1. The van der Waals surface area contributed by atoms with E-state index in [0.29, 0.717) is 25.3 Å². The van der Waals surface area contributed by atoms with Gasteiger partial charge in [-0.05, 0) is 49.7 Å². The average Bonchev–Trinajstić information content (AvgIpc) is 2.81. The molecule has 0 saturated heterocycles. The molecule has 3 aromatic rings. The molecule has 0 aliphatic carbocycles. The first-order valence-corrected chi connectivity index (χ1v) is 13.1. The summed E-state index contributed by atoms with van der Waals surface area (Å²) < 4.78 is 34.6. The molecule has 12 heteroatoms. The van der Waals surface area contributed by atoms with Crippen LogP contribution < -0.4 is 14.8 Å². The molecule has 0 aliphatic heterocycles. The Kier molecular flexibility index (Phi) is 9.02. The first-order valence-electron chi connectivity index (χ1n) is 10.8. The maximum Gasteiger partial charge on any atom is 0.305 e. The third-order valence-electron chi connectivity index (χ3n) is 5.16. The van der Waals surface area contributed by atoms with Crippen molar-refractivity contribution in [3.63, 3.8) is 0 Å². The van der Waals surface area contributed by atoms with Gasteiger partial charge < -0.3 is 20.3 Å². The molecule has 1 atom stereocenters. The lowest BCUT2D eigenvalue weighted by Crippen LogP contribution is -2.45. The number of halogens is 2. The highest BCUT2D eigenvalue weighted by atomic mass is 35.5. The Balaban J connectivity index is 1.74. The zero-order chi connectivity index (χ0) is 26.3. The Morgan fingerprint density at radius 2 is 1.92 bits per heavy atom. The van der Waals surface area contributed by atoms with Crippen LogP contribution in [0.4, 0.5) is 5.82 Å². The van der Waals surface area contributed by atoms with Crippen LogP contribution in [0.5, 0.6) is 11.5 Å². The number of aromatic nitrogens is 1. The van der Waals surface area contributed by atoms with Gasteiger partial charge in [0, 0.05) is 29.4 Å². The van der Waals surface area contributed by atoms with E-state index >= 15 is 0 Å². The van der Waals surface area contributed by atoms with Crippen LogP contribution in [0.1, 0.15) is 25.3 Å². The number of benzene rings is 2. The molecule has 0 amide bonds. The quantitative estimate of drug-likeness (QED) is 0.238. The van der Waals surface area contributed by atoms with Crippen molar-refractivity contribution in [2.24, 2.45) is 0 Å². The minimum atomic E-state index is -4.26. The van der Waals surface area contributed by atoms with Crippen molar-refractivity contribution in [3.8, 4) is 11.5 Å². The molecular weight excluding hydrogens is 529 g/mol.